The quantitative estimate of drug-likeness (QED) is 0.607. The molecule has 4 nitrogen and oxygen atoms in total. The van der Waals surface area contributed by atoms with Gasteiger partial charge in [-0.2, -0.15) is 5.26 Å². The highest BCUT2D eigenvalue weighted by Crippen LogP contribution is 2.07. The van der Waals surface area contributed by atoms with E-state index in [1.165, 1.54) is 6.20 Å². The molecule has 4 heteroatoms. The molecule has 4 N–H and O–H groups in total. The van der Waals surface area contributed by atoms with Gasteiger partial charge in [0.25, 0.3) is 0 Å². The van der Waals surface area contributed by atoms with Gasteiger partial charge in [-0.15, -0.1) is 0 Å². The normalized spacial score (nSPS) is 9.75. The van der Waals surface area contributed by atoms with Crippen LogP contribution in [0, 0.1) is 11.3 Å². The van der Waals surface area contributed by atoms with Gasteiger partial charge in [0.05, 0.1) is 24.4 Å². The molecule has 0 aliphatic heterocycles. The number of nitrogens with zero attached hydrogens (tertiary/aromatic N) is 2. The molecule has 0 aliphatic carbocycles. The lowest BCUT2D eigenvalue weighted by molar-refractivity contribution is 1.23. The zero-order valence-corrected chi connectivity index (χ0v) is 16.4. The van der Waals surface area contributed by atoms with Crippen molar-refractivity contribution in [3.8, 4) is 6.07 Å². The Kier molecular flexibility index (Phi) is 20.3. The first-order valence-electron chi connectivity index (χ1n) is 8.45. The van der Waals surface area contributed by atoms with Gasteiger partial charge >= 0.3 is 0 Å². The Morgan fingerprint density at radius 3 is 1.92 bits per heavy atom. The van der Waals surface area contributed by atoms with E-state index in [4.69, 9.17) is 16.7 Å². The Morgan fingerprint density at radius 2 is 1.54 bits per heavy atom. The van der Waals surface area contributed by atoms with Crippen molar-refractivity contribution >= 4 is 5.71 Å². The lowest BCUT2D eigenvalue weighted by Crippen LogP contribution is -2.07. The summed E-state index contributed by atoms with van der Waals surface area (Å²) in [5.41, 5.74) is 14.5. The highest BCUT2D eigenvalue weighted by Gasteiger charge is 1.97. The van der Waals surface area contributed by atoms with E-state index in [1.807, 2.05) is 72.7 Å². The van der Waals surface area contributed by atoms with Crippen molar-refractivity contribution in [3.05, 3.63) is 59.6 Å². The first kappa shape index (κ1) is 26.4. The van der Waals surface area contributed by atoms with E-state index < -0.39 is 0 Å². The summed E-state index contributed by atoms with van der Waals surface area (Å²) in [5, 5.41) is 8.58. The molecule has 0 fully saturated rings. The number of benzene rings is 1. The summed E-state index contributed by atoms with van der Waals surface area (Å²) in [6.07, 6.45) is 1.90. The molecule has 0 amide bonds. The standard InChI is InChI=1S/C14H16N4.3C2H6/c1-10(16)14(17)9-18-11(2)13-5-3-12(4-6-13)7-8-15;3*1-2/h3-6,9H,1,7,16-17H2,2H3;3*1-2H3/b14-9+,18-11?;;;. The lowest BCUT2D eigenvalue weighted by atomic mass is 10.1. The molecule has 0 bridgehead atoms. The Bertz CT molecular complexity index is 532. The largest absolute Gasteiger partial charge is 0.397 e. The van der Waals surface area contributed by atoms with E-state index in [0.717, 1.165) is 16.8 Å². The Hall–Kier alpha value is -2.54. The minimum atomic E-state index is 0.302. The van der Waals surface area contributed by atoms with Gasteiger partial charge in [-0.05, 0) is 18.1 Å². The van der Waals surface area contributed by atoms with E-state index in [0.29, 0.717) is 17.8 Å². The fourth-order valence-corrected chi connectivity index (χ4v) is 1.28. The first-order chi connectivity index (χ1) is 11.5. The second-order valence-corrected chi connectivity index (χ2v) is 3.86. The molecule has 0 atom stereocenters. The Morgan fingerprint density at radius 1 is 1.08 bits per heavy atom. The van der Waals surface area contributed by atoms with Crippen molar-refractivity contribution in [3.63, 3.8) is 0 Å². The fourth-order valence-electron chi connectivity index (χ4n) is 1.28. The molecule has 0 unspecified atom stereocenters. The van der Waals surface area contributed by atoms with Gasteiger partial charge in [0.2, 0.25) is 0 Å². The van der Waals surface area contributed by atoms with Crippen LogP contribution in [0.15, 0.2) is 53.4 Å². The third kappa shape index (κ3) is 12.0. The summed E-state index contributed by atoms with van der Waals surface area (Å²) in [4.78, 5) is 4.21. The van der Waals surface area contributed by atoms with Gasteiger partial charge in [0.1, 0.15) is 0 Å². The second-order valence-electron chi connectivity index (χ2n) is 3.86. The van der Waals surface area contributed by atoms with Crippen molar-refractivity contribution in [2.45, 2.75) is 54.9 Å². The number of hydrogen-bond acceptors (Lipinski definition) is 4. The summed E-state index contributed by atoms with van der Waals surface area (Å²) in [6.45, 7) is 17.4. The molecule has 0 heterocycles. The van der Waals surface area contributed by atoms with Crippen LogP contribution in [0.4, 0.5) is 0 Å². The van der Waals surface area contributed by atoms with Crippen molar-refractivity contribution < 1.29 is 0 Å². The third-order valence-corrected chi connectivity index (χ3v) is 2.42. The van der Waals surface area contributed by atoms with Crippen molar-refractivity contribution in [1.82, 2.24) is 0 Å². The van der Waals surface area contributed by atoms with Crippen LogP contribution in [-0.4, -0.2) is 5.71 Å². The van der Waals surface area contributed by atoms with Gasteiger partial charge in [-0.3, -0.25) is 4.99 Å². The highest BCUT2D eigenvalue weighted by atomic mass is 14.8. The van der Waals surface area contributed by atoms with E-state index in [-0.39, 0.29) is 0 Å². The number of hydrogen-bond donors (Lipinski definition) is 2. The van der Waals surface area contributed by atoms with Crippen molar-refractivity contribution in [2.24, 2.45) is 16.5 Å². The first-order valence-corrected chi connectivity index (χ1v) is 8.45. The number of aliphatic imine (C=N–C) groups is 1. The van der Waals surface area contributed by atoms with Gasteiger partial charge in [0, 0.05) is 11.4 Å². The maximum atomic E-state index is 8.58. The second kappa shape index (κ2) is 18.5. The Balaban J connectivity index is -0.000000659. The van der Waals surface area contributed by atoms with Crippen LogP contribution in [0.5, 0.6) is 0 Å². The molecule has 134 valence electrons. The SMILES string of the molecule is C=C(N)/C(N)=C\N=C(C)c1ccc(CC#N)cc1.CC.CC.CC. The number of nitrogens with two attached hydrogens (primary N) is 2. The summed E-state index contributed by atoms with van der Waals surface area (Å²) in [6, 6.07) is 9.77. The third-order valence-electron chi connectivity index (χ3n) is 2.42. The molecule has 1 aromatic rings. The predicted octanol–water partition coefficient (Wildman–Crippen LogP) is 4.91. The highest BCUT2D eigenvalue weighted by molar-refractivity contribution is 5.99. The van der Waals surface area contributed by atoms with Crippen LogP contribution in [0.25, 0.3) is 0 Å². The molecule has 1 aromatic carbocycles. The predicted molar refractivity (Wildman–Crippen MR) is 108 cm³/mol. The van der Waals surface area contributed by atoms with Crippen molar-refractivity contribution in [1.29, 1.82) is 5.26 Å². The van der Waals surface area contributed by atoms with E-state index in [2.05, 4.69) is 17.6 Å². The van der Waals surface area contributed by atoms with E-state index in [9.17, 15) is 0 Å². The summed E-state index contributed by atoms with van der Waals surface area (Å²) in [7, 11) is 0. The molecular formula is C20H34N4. The summed E-state index contributed by atoms with van der Waals surface area (Å²) >= 11 is 0. The van der Waals surface area contributed by atoms with E-state index in [1.54, 1.807) is 0 Å². The molecule has 0 aliphatic rings. The number of rotatable bonds is 4. The minimum Gasteiger partial charge on any atom is -0.397 e. The average Bonchev–Trinajstić information content (AvgIpc) is 2.65. The van der Waals surface area contributed by atoms with Crippen molar-refractivity contribution in [2.75, 3.05) is 0 Å². The van der Waals surface area contributed by atoms with Gasteiger partial charge in [-0.1, -0.05) is 72.4 Å². The van der Waals surface area contributed by atoms with Crippen LogP contribution < -0.4 is 11.5 Å². The van der Waals surface area contributed by atoms with E-state index >= 15 is 0 Å². The van der Waals surface area contributed by atoms with Crippen LogP contribution in [0.3, 0.4) is 0 Å². The molecule has 1 rings (SSSR count). The van der Waals surface area contributed by atoms with Gasteiger partial charge in [-0.25, -0.2) is 0 Å². The van der Waals surface area contributed by atoms with Crippen LogP contribution >= 0.6 is 0 Å². The average molecular weight is 331 g/mol. The smallest absolute Gasteiger partial charge is 0.0727 e. The van der Waals surface area contributed by atoms with Gasteiger partial charge < -0.3 is 11.5 Å². The molecule has 24 heavy (non-hydrogen) atoms. The fraction of sp³-hybridized carbons (Fsp3) is 0.400. The topological polar surface area (TPSA) is 88.2 Å². The molecule has 0 saturated carbocycles. The molecule has 0 spiro atoms. The Labute approximate surface area is 148 Å². The summed E-state index contributed by atoms with van der Waals surface area (Å²) in [5.74, 6) is 0. The van der Waals surface area contributed by atoms with Gasteiger partial charge in [0.15, 0.2) is 0 Å². The molecule has 0 aromatic heterocycles. The molecule has 0 radical (unpaired) electrons. The zero-order valence-electron chi connectivity index (χ0n) is 16.4. The van der Waals surface area contributed by atoms with Crippen LogP contribution in [-0.2, 0) is 6.42 Å². The van der Waals surface area contributed by atoms with Crippen LogP contribution in [0.1, 0.15) is 59.6 Å². The maximum absolute atomic E-state index is 8.58. The molecular weight excluding hydrogens is 296 g/mol. The minimum absolute atomic E-state index is 0.302. The molecule has 0 saturated heterocycles. The number of nitriles is 1. The van der Waals surface area contributed by atoms with Crippen LogP contribution in [0.2, 0.25) is 0 Å². The maximum Gasteiger partial charge on any atom is 0.0727 e. The monoisotopic (exact) mass is 330 g/mol. The zero-order chi connectivity index (χ0) is 19.5. The lowest BCUT2D eigenvalue weighted by Gasteiger charge is -2.01. The summed E-state index contributed by atoms with van der Waals surface area (Å²) < 4.78 is 0.